The van der Waals surface area contributed by atoms with Gasteiger partial charge in [0.1, 0.15) is 0 Å². The third-order valence-electron chi connectivity index (χ3n) is 3.69. The van der Waals surface area contributed by atoms with Crippen molar-refractivity contribution in [2.75, 3.05) is 20.2 Å². The van der Waals surface area contributed by atoms with E-state index in [0.29, 0.717) is 6.54 Å². The molecule has 0 radical (unpaired) electrons. The Morgan fingerprint density at radius 1 is 1.44 bits per heavy atom. The van der Waals surface area contributed by atoms with E-state index in [1.807, 2.05) is 4.90 Å². The molecule has 1 atom stereocenters. The van der Waals surface area contributed by atoms with Crippen molar-refractivity contribution in [3.63, 3.8) is 0 Å². The highest BCUT2D eigenvalue weighted by Crippen LogP contribution is 2.30. The van der Waals surface area contributed by atoms with Crippen LogP contribution in [0.3, 0.4) is 0 Å². The highest BCUT2D eigenvalue weighted by atomic mass is 35.5. The van der Waals surface area contributed by atoms with Gasteiger partial charge in [0, 0.05) is 20.2 Å². The van der Waals surface area contributed by atoms with Gasteiger partial charge in [-0.3, -0.25) is 4.79 Å². The summed E-state index contributed by atoms with van der Waals surface area (Å²) in [5, 5.41) is 0. The van der Waals surface area contributed by atoms with Crippen molar-refractivity contribution in [3.8, 4) is 0 Å². The fourth-order valence-electron chi connectivity index (χ4n) is 2.64. The van der Waals surface area contributed by atoms with Crippen LogP contribution in [0.4, 0.5) is 0 Å². The number of ether oxygens (including phenoxy) is 1. The highest BCUT2D eigenvalue weighted by molar-refractivity contribution is 5.86. The largest absolute Gasteiger partial charge is 0.380 e. The molecule has 94 valence electrons. The number of halogens is 1. The zero-order valence-corrected chi connectivity index (χ0v) is 10.6. The Kier molecular flexibility index (Phi) is 4.59. The zero-order valence-electron chi connectivity index (χ0n) is 9.78. The van der Waals surface area contributed by atoms with Crippen LogP contribution in [-0.4, -0.2) is 42.6 Å². The first-order valence-electron chi connectivity index (χ1n) is 5.77. The molecule has 0 bridgehead atoms. The molecule has 0 aromatic heterocycles. The van der Waals surface area contributed by atoms with Crippen LogP contribution in [0.1, 0.15) is 32.1 Å². The summed E-state index contributed by atoms with van der Waals surface area (Å²) >= 11 is 0. The van der Waals surface area contributed by atoms with Crippen molar-refractivity contribution in [2.24, 2.45) is 5.73 Å². The van der Waals surface area contributed by atoms with E-state index in [2.05, 4.69) is 0 Å². The van der Waals surface area contributed by atoms with Gasteiger partial charge < -0.3 is 15.4 Å². The molecule has 0 aromatic rings. The molecule has 1 aliphatic heterocycles. The average Bonchev–Trinajstić information content (AvgIpc) is 2.85. The number of rotatable bonds is 2. The molecule has 4 nitrogen and oxygen atoms in total. The summed E-state index contributed by atoms with van der Waals surface area (Å²) in [5.74, 6) is 0.138. The number of hydrogen-bond acceptors (Lipinski definition) is 3. The lowest BCUT2D eigenvalue weighted by Gasteiger charge is -2.28. The van der Waals surface area contributed by atoms with E-state index in [0.717, 1.165) is 38.6 Å². The zero-order chi connectivity index (χ0) is 10.9. The summed E-state index contributed by atoms with van der Waals surface area (Å²) in [5.41, 5.74) is 5.57. The lowest BCUT2D eigenvalue weighted by atomic mass is 9.97. The third-order valence-corrected chi connectivity index (χ3v) is 3.69. The minimum Gasteiger partial charge on any atom is -0.380 e. The van der Waals surface area contributed by atoms with E-state index < -0.39 is 5.54 Å². The Labute approximate surface area is 103 Å². The Morgan fingerprint density at radius 3 is 2.56 bits per heavy atom. The van der Waals surface area contributed by atoms with Crippen LogP contribution in [0.2, 0.25) is 0 Å². The molecule has 1 aliphatic carbocycles. The predicted octanol–water partition coefficient (Wildman–Crippen LogP) is 0.927. The molecule has 2 rings (SSSR count). The normalized spacial score (nSPS) is 27.9. The van der Waals surface area contributed by atoms with Crippen LogP contribution in [0.25, 0.3) is 0 Å². The van der Waals surface area contributed by atoms with Crippen molar-refractivity contribution < 1.29 is 9.53 Å². The van der Waals surface area contributed by atoms with Gasteiger partial charge in [-0.2, -0.15) is 0 Å². The molecule has 2 fully saturated rings. The van der Waals surface area contributed by atoms with Gasteiger partial charge in [0.2, 0.25) is 5.91 Å². The van der Waals surface area contributed by atoms with E-state index in [9.17, 15) is 4.79 Å². The van der Waals surface area contributed by atoms with E-state index in [1.54, 1.807) is 7.11 Å². The number of hydrogen-bond donors (Lipinski definition) is 1. The minimum absolute atomic E-state index is 0. The van der Waals surface area contributed by atoms with Gasteiger partial charge in [0.05, 0.1) is 11.6 Å². The summed E-state index contributed by atoms with van der Waals surface area (Å²) in [6, 6.07) is 0. The first-order chi connectivity index (χ1) is 7.15. The lowest BCUT2D eigenvalue weighted by molar-refractivity contribution is -0.136. The lowest BCUT2D eigenvalue weighted by Crippen LogP contribution is -2.53. The van der Waals surface area contributed by atoms with Crippen LogP contribution in [-0.2, 0) is 9.53 Å². The summed E-state index contributed by atoms with van der Waals surface area (Å²) < 4.78 is 5.25. The van der Waals surface area contributed by atoms with E-state index in [-0.39, 0.29) is 24.4 Å². The SMILES string of the molecule is CO[C@@H]1CCN(C(=O)C2(N)CCCC2)C1.Cl. The van der Waals surface area contributed by atoms with Crippen molar-refractivity contribution in [3.05, 3.63) is 0 Å². The maximum absolute atomic E-state index is 12.2. The van der Waals surface area contributed by atoms with Crippen LogP contribution in [0, 0.1) is 0 Å². The van der Waals surface area contributed by atoms with Gasteiger partial charge in [-0.15, -0.1) is 12.4 Å². The van der Waals surface area contributed by atoms with Crippen molar-refractivity contribution in [1.29, 1.82) is 0 Å². The van der Waals surface area contributed by atoms with E-state index >= 15 is 0 Å². The number of amides is 1. The fraction of sp³-hybridized carbons (Fsp3) is 0.909. The summed E-state index contributed by atoms with van der Waals surface area (Å²) in [7, 11) is 1.70. The summed E-state index contributed by atoms with van der Waals surface area (Å²) in [6.45, 7) is 1.52. The molecule has 1 heterocycles. The van der Waals surface area contributed by atoms with Crippen LogP contribution in [0.5, 0.6) is 0 Å². The molecule has 1 saturated heterocycles. The Balaban J connectivity index is 0.00000128. The number of nitrogens with two attached hydrogens (primary N) is 1. The Hall–Kier alpha value is -0.320. The third kappa shape index (κ3) is 2.50. The van der Waals surface area contributed by atoms with Crippen LogP contribution < -0.4 is 5.73 Å². The molecule has 1 saturated carbocycles. The second-order valence-corrected chi connectivity index (χ2v) is 4.76. The smallest absolute Gasteiger partial charge is 0.242 e. The second-order valence-electron chi connectivity index (χ2n) is 4.76. The first-order valence-corrected chi connectivity index (χ1v) is 5.77. The number of likely N-dealkylation sites (tertiary alicyclic amines) is 1. The number of carbonyl (C=O) groups excluding carboxylic acids is 1. The number of methoxy groups -OCH3 is 1. The van der Waals surface area contributed by atoms with Gasteiger partial charge in [0.25, 0.3) is 0 Å². The van der Waals surface area contributed by atoms with Crippen molar-refractivity contribution >= 4 is 18.3 Å². The summed E-state index contributed by atoms with van der Waals surface area (Å²) in [4.78, 5) is 14.1. The maximum Gasteiger partial charge on any atom is 0.242 e. The highest BCUT2D eigenvalue weighted by Gasteiger charge is 2.41. The van der Waals surface area contributed by atoms with Gasteiger partial charge in [-0.25, -0.2) is 0 Å². The quantitative estimate of drug-likeness (QED) is 0.791. The molecule has 0 aromatic carbocycles. The number of nitrogens with zero attached hydrogens (tertiary/aromatic N) is 1. The molecule has 2 aliphatic rings. The standard InChI is InChI=1S/C11H20N2O2.ClH/c1-15-9-4-7-13(8-9)10(14)11(12)5-2-3-6-11;/h9H,2-8,12H2,1H3;1H/t9-;/m1./s1. The van der Waals surface area contributed by atoms with E-state index in [1.165, 1.54) is 0 Å². The topological polar surface area (TPSA) is 55.6 Å². The first kappa shape index (κ1) is 13.7. The van der Waals surface area contributed by atoms with E-state index in [4.69, 9.17) is 10.5 Å². The fourth-order valence-corrected chi connectivity index (χ4v) is 2.64. The number of carbonyl (C=O) groups is 1. The Morgan fingerprint density at radius 2 is 2.06 bits per heavy atom. The molecular weight excluding hydrogens is 228 g/mol. The predicted molar refractivity (Wildman–Crippen MR) is 64.6 cm³/mol. The maximum atomic E-state index is 12.2. The van der Waals surface area contributed by atoms with Crippen molar-refractivity contribution in [2.45, 2.75) is 43.7 Å². The second kappa shape index (κ2) is 5.34. The molecule has 2 N–H and O–H groups in total. The van der Waals surface area contributed by atoms with Gasteiger partial charge in [-0.05, 0) is 19.3 Å². The molecule has 0 spiro atoms. The minimum atomic E-state index is -0.567. The van der Waals surface area contributed by atoms with Gasteiger partial charge in [-0.1, -0.05) is 12.8 Å². The monoisotopic (exact) mass is 248 g/mol. The molecule has 5 heteroatoms. The molecule has 1 amide bonds. The summed E-state index contributed by atoms with van der Waals surface area (Å²) in [6.07, 6.45) is 5.02. The van der Waals surface area contributed by atoms with Gasteiger partial charge in [0.15, 0.2) is 0 Å². The molecular formula is C11H21ClN2O2. The Bertz CT molecular complexity index is 254. The van der Waals surface area contributed by atoms with Crippen LogP contribution >= 0.6 is 12.4 Å². The van der Waals surface area contributed by atoms with Crippen LogP contribution in [0.15, 0.2) is 0 Å². The van der Waals surface area contributed by atoms with Gasteiger partial charge >= 0.3 is 0 Å². The average molecular weight is 249 g/mol. The molecule has 0 unspecified atom stereocenters. The molecule has 16 heavy (non-hydrogen) atoms. The van der Waals surface area contributed by atoms with Crippen molar-refractivity contribution in [1.82, 2.24) is 4.90 Å².